The summed E-state index contributed by atoms with van der Waals surface area (Å²) in [7, 11) is 0. The smallest absolute Gasteiger partial charge is 0.0387 e. The van der Waals surface area contributed by atoms with Crippen LogP contribution in [0.5, 0.6) is 0 Å². The predicted octanol–water partition coefficient (Wildman–Crippen LogP) is 3.97. The summed E-state index contributed by atoms with van der Waals surface area (Å²) in [6.07, 6.45) is 0. The maximum Gasteiger partial charge on any atom is 0.0387 e. The van der Waals surface area contributed by atoms with Crippen LogP contribution in [0.1, 0.15) is 36.6 Å². The number of benzene rings is 2. The number of aryl methyl sites for hydroxylation is 1. The van der Waals surface area contributed by atoms with Gasteiger partial charge in [-0.2, -0.15) is 0 Å². The van der Waals surface area contributed by atoms with E-state index in [9.17, 15) is 0 Å². The van der Waals surface area contributed by atoms with E-state index < -0.39 is 0 Å². The zero-order valence-electron chi connectivity index (χ0n) is 11.4. The van der Waals surface area contributed by atoms with Crippen molar-refractivity contribution in [3.8, 4) is 0 Å². The first-order valence-corrected chi connectivity index (χ1v) is 6.39. The molecule has 2 aromatic rings. The quantitative estimate of drug-likeness (QED) is 0.861. The Kier molecular flexibility index (Phi) is 3.53. The Morgan fingerprint density at radius 1 is 0.944 bits per heavy atom. The first kappa shape index (κ1) is 12.8. The van der Waals surface area contributed by atoms with Crippen molar-refractivity contribution in [3.63, 3.8) is 0 Å². The Labute approximate surface area is 110 Å². The fourth-order valence-corrected chi connectivity index (χ4v) is 2.33. The van der Waals surface area contributed by atoms with E-state index in [4.69, 9.17) is 5.73 Å². The second-order valence-corrected chi connectivity index (χ2v) is 5.48. The van der Waals surface area contributed by atoms with Crippen LogP contribution in [0.25, 0.3) is 0 Å². The summed E-state index contributed by atoms with van der Waals surface area (Å²) in [6, 6.07) is 18.9. The van der Waals surface area contributed by atoms with Crippen molar-refractivity contribution in [2.24, 2.45) is 5.73 Å². The number of hydrogen-bond acceptors (Lipinski definition) is 1. The van der Waals surface area contributed by atoms with Crippen LogP contribution in [0.3, 0.4) is 0 Å². The van der Waals surface area contributed by atoms with Gasteiger partial charge in [0.2, 0.25) is 0 Å². The highest BCUT2D eigenvalue weighted by molar-refractivity contribution is 5.33. The van der Waals surface area contributed by atoms with Crippen LogP contribution < -0.4 is 5.73 Å². The van der Waals surface area contributed by atoms with E-state index in [1.54, 1.807) is 0 Å². The molecule has 0 aliphatic rings. The van der Waals surface area contributed by atoms with E-state index >= 15 is 0 Å². The van der Waals surface area contributed by atoms with Crippen molar-refractivity contribution in [1.29, 1.82) is 0 Å². The van der Waals surface area contributed by atoms with Gasteiger partial charge in [-0.25, -0.2) is 0 Å². The molecule has 0 saturated carbocycles. The lowest BCUT2D eigenvalue weighted by Gasteiger charge is -2.32. The predicted molar refractivity (Wildman–Crippen MR) is 77.6 cm³/mol. The van der Waals surface area contributed by atoms with Gasteiger partial charge in [-0.05, 0) is 18.1 Å². The first-order valence-electron chi connectivity index (χ1n) is 6.39. The topological polar surface area (TPSA) is 26.0 Å². The molecule has 1 heteroatoms. The molecule has 0 bridgehead atoms. The van der Waals surface area contributed by atoms with E-state index in [2.05, 4.69) is 69.3 Å². The highest BCUT2D eigenvalue weighted by Gasteiger charge is 2.29. The maximum atomic E-state index is 6.47. The minimum atomic E-state index is -0.0744. The Balaban J connectivity index is 2.36. The Bertz CT molecular complexity index is 514. The van der Waals surface area contributed by atoms with Gasteiger partial charge in [-0.15, -0.1) is 0 Å². The molecule has 0 aliphatic carbocycles. The van der Waals surface area contributed by atoms with E-state index in [1.807, 2.05) is 6.07 Å². The molecule has 0 aromatic heterocycles. The fraction of sp³-hybridized carbons (Fsp3) is 0.294. The minimum absolute atomic E-state index is 0.000185. The van der Waals surface area contributed by atoms with Crippen molar-refractivity contribution < 1.29 is 0 Å². The van der Waals surface area contributed by atoms with E-state index in [0.29, 0.717) is 0 Å². The molecule has 1 atom stereocenters. The Hall–Kier alpha value is -1.60. The molecule has 0 radical (unpaired) electrons. The van der Waals surface area contributed by atoms with Crippen molar-refractivity contribution >= 4 is 0 Å². The molecule has 0 amide bonds. The summed E-state index contributed by atoms with van der Waals surface area (Å²) in [5, 5.41) is 0. The summed E-state index contributed by atoms with van der Waals surface area (Å²) in [5.74, 6) is 0. The van der Waals surface area contributed by atoms with E-state index in [1.165, 1.54) is 16.7 Å². The molecule has 0 aliphatic heterocycles. The Morgan fingerprint density at radius 2 is 1.61 bits per heavy atom. The first-order chi connectivity index (χ1) is 8.51. The standard InChI is InChI=1S/C17H21N/c1-13-8-7-9-14(12-13)16(18)17(2,3)15-10-5-4-6-11-15/h4-12,16H,18H2,1-3H3. The van der Waals surface area contributed by atoms with E-state index in [0.717, 1.165) is 0 Å². The normalized spacial score (nSPS) is 13.3. The van der Waals surface area contributed by atoms with Gasteiger partial charge in [-0.3, -0.25) is 0 Å². The van der Waals surface area contributed by atoms with Gasteiger partial charge >= 0.3 is 0 Å². The third kappa shape index (κ3) is 2.46. The van der Waals surface area contributed by atoms with Crippen LogP contribution in [0.15, 0.2) is 54.6 Å². The second-order valence-electron chi connectivity index (χ2n) is 5.48. The van der Waals surface area contributed by atoms with E-state index in [-0.39, 0.29) is 11.5 Å². The Morgan fingerprint density at radius 3 is 2.22 bits per heavy atom. The molecular weight excluding hydrogens is 218 g/mol. The SMILES string of the molecule is Cc1cccc(C(N)C(C)(C)c2ccccc2)c1. The molecule has 1 unspecified atom stereocenters. The molecular formula is C17H21N. The number of nitrogens with two attached hydrogens (primary N) is 1. The zero-order valence-corrected chi connectivity index (χ0v) is 11.4. The average molecular weight is 239 g/mol. The lowest BCUT2D eigenvalue weighted by molar-refractivity contribution is 0.420. The van der Waals surface area contributed by atoms with Crippen LogP contribution in [0.2, 0.25) is 0 Å². The highest BCUT2D eigenvalue weighted by atomic mass is 14.7. The summed E-state index contributed by atoms with van der Waals surface area (Å²) >= 11 is 0. The maximum absolute atomic E-state index is 6.47. The summed E-state index contributed by atoms with van der Waals surface area (Å²) in [5.41, 5.74) is 10.1. The van der Waals surface area contributed by atoms with Crippen LogP contribution >= 0.6 is 0 Å². The summed E-state index contributed by atoms with van der Waals surface area (Å²) < 4.78 is 0. The van der Waals surface area contributed by atoms with Crippen molar-refractivity contribution in [2.45, 2.75) is 32.2 Å². The molecule has 0 spiro atoms. The van der Waals surface area contributed by atoms with Crippen LogP contribution in [-0.2, 0) is 5.41 Å². The zero-order chi connectivity index (χ0) is 13.2. The molecule has 0 saturated heterocycles. The number of rotatable bonds is 3. The van der Waals surface area contributed by atoms with Gasteiger partial charge in [0.15, 0.2) is 0 Å². The van der Waals surface area contributed by atoms with Gasteiger partial charge < -0.3 is 5.73 Å². The summed E-state index contributed by atoms with van der Waals surface area (Å²) in [6.45, 7) is 6.51. The molecule has 94 valence electrons. The monoisotopic (exact) mass is 239 g/mol. The van der Waals surface area contributed by atoms with Crippen LogP contribution in [0, 0.1) is 6.92 Å². The van der Waals surface area contributed by atoms with Gasteiger partial charge in [-0.1, -0.05) is 74.0 Å². The largest absolute Gasteiger partial charge is 0.323 e. The van der Waals surface area contributed by atoms with Crippen LogP contribution in [-0.4, -0.2) is 0 Å². The van der Waals surface area contributed by atoms with Gasteiger partial charge in [0.25, 0.3) is 0 Å². The van der Waals surface area contributed by atoms with Gasteiger partial charge in [0.05, 0.1) is 0 Å². The van der Waals surface area contributed by atoms with Gasteiger partial charge in [0, 0.05) is 11.5 Å². The molecule has 18 heavy (non-hydrogen) atoms. The molecule has 2 N–H and O–H groups in total. The minimum Gasteiger partial charge on any atom is -0.323 e. The molecule has 0 fully saturated rings. The molecule has 2 aromatic carbocycles. The third-order valence-electron chi connectivity index (χ3n) is 3.70. The molecule has 2 rings (SSSR count). The second kappa shape index (κ2) is 4.95. The average Bonchev–Trinajstić information content (AvgIpc) is 2.39. The molecule has 1 nitrogen and oxygen atoms in total. The van der Waals surface area contributed by atoms with Crippen LogP contribution in [0.4, 0.5) is 0 Å². The number of hydrogen-bond donors (Lipinski definition) is 1. The summed E-state index contributed by atoms with van der Waals surface area (Å²) in [4.78, 5) is 0. The lowest BCUT2D eigenvalue weighted by atomic mass is 9.75. The van der Waals surface area contributed by atoms with Crippen molar-refractivity contribution in [2.75, 3.05) is 0 Å². The van der Waals surface area contributed by atoms with Crippen molar-refractivity contribution in [3.05, 3.63) is 71.3 Å². The highest BCUT2D eigenvalue weighted by Crippen LogP contribution is 2.35. The van der Waals surface area contributed by atoms with Gasteiger partial charge in [0.1, 0.15) is 0 Å². The fourth-order valence-electron chi connectivity index (χ4n) is 2.33. The van der Waals surface area contributed by atoms with Crippen molar-refractivity contribution in [1.82, 2.24) is 0 Å². The lowest BCUT2D eigenvalue weighted by Crippen LogP contribution is -2.33. The molecule has 0 heterocycles. The third-order valence-corrected chi connectivity index (χ3v) is 3.70.